The lowest BCUT2D eigenvalue weighted by Gasteiger charge is -2.04. The molecule has 96 valence electrons. The zero-order valence-electron chi connectivity index (χ0n) is 10.2. The summed E-state index contributed by atoms with van der Waals surface area (Å²) in [7, 11) is 0. The number of hydrogen-bond donors (Lipinski definition) is 2. The van der Waals surface area contributed by atoms with Crippen molar-refractivity contribution in [3.05, 3.63) is 58.6 Å². The normalized spacial score (nSPS) is 11.0. The summed E-state index contributed by atoms with van der Waals surface area (Å²) < 4.78 is 1.02. The molecule has 0 atom stereocenters. The van der Waals surface area contributed by atoms with E-state index in [0.29, 0.717) is 0 Å². The molecule has 0 amide bonds. The van der Waals surface area contributed by atoms with E-state index < -0.39 is 0 Å². The minimum absolute atomic E-state index is 0.831. The molecule has 0 fully saturated rings. The van der Waals surface area contributed by atoms with E-state index in [4.69, 9.17) is 5.73 Å². The highest BCUT2D eigenvalue weighted by Gasteiger charge is 2.04. The summed E-state index contributed by atoms with van der Waals surface area (Å²) in [5, 5.41) is 2.41. The monoisotopic (exact) mass is 332 g/mol. The Morgan fingerprint density at radius 1 is 1.11 bits per heavy atom. The third kappa shape index (κ3) is 2.80. The summed E-state index contributed by atoms with van der Waals surface area (Å²) in [6.07, 6.45) is 0. The van der Waals surface area contributed by atoms with Crippen LogP contribution in [0.4, 0.5) is 5.69 Å². The van der Waals surface area contributed by atoms with Gasteiger partial charge in [0.25, 0.3) is 0 Å². The van der Waals surface area contributed by atoms with Crippen molar-refractivity contribution in [1.82, 2.24) is 4.98 Å². The summed E-state index contributed by atoms with van der Waals surface area (Å²) in [6.45, 7) is 0. The van der Waals surface area contributed by atoms with Crippen LogP contribution in [0.3, 0.4) is 0 Å². The molecule has 2 nitrogen and oxygen atoms in total. The van der Waals surface area contributed by atoms with Gasteiger partial charge in [-0.2, -0.15) is 0 Å². The number of fused-ring (bicyclic) bond motifs is 1. The van der Waals surface area contributed by atoms with Crippen molar-refractivity contribution in [2.24, 2.45) is 0 Å². The van der Waals surface area contributed by atoms with Crippen molar-refractivity contribution in [2.45, 2.75) is 10.8 Å². The van der Waals surface area contributed by atoms with E-state index in [1.807, 2.05) is 18.2 Å². The number of para-hydroxylation sites is 1. The predicted octanol–water partition coefficient (Wildman–Crippen LogP) is 4.80. The second-order valence-corrected chi connectivity index (χ2v) is 6.29. The molecule has 0 radical (unpaired) electrons. The lowest BCUT2D eigenvalue weighted by atomic mass is 10.2. The number of aromatic nitrogens is 1. The van der Waals surface area contributed by atoms with Crippen molar-refractivity contribution < 1.29 is 0 Å². The SMILES string of the molecule is Nc1cc(Br)ccc1CSc1cc2ccccc2[nH]1. The molecule has 2 aromatic carbocycles. The Kier molecular flexibility index (Phi) is 3.53. The van der Waals surface area contributed by atoms with Crippen molar-refractivity contribution >= 4 is 44.3 Å². The molecule has 4 heteroatoms. The van der Waals surface area contributed by atoms with Crippen molar-refractivity contribution in [1.29, 1.82) is 0 Å². The van der Waals surface area contributed by atoms with Gasteiger partial charge in [0, 0.05) is 26.8 Å². The molecule has 0 aliphatic carbocycles. The molecular weight excluding hydrogens is 320 g/mol. The average Bonchev–Trinajstić information content (AvgIpc) is 2.80. The number of nitrogens with two attached hydrogens (primary N) is 1. The minimum atomic E-state index is 0.831. The Hall–Kier alpha value is -1.39. The van der Waals surface area contributed by atoms with Crippen molar-refractivity contribution in [2.75, 3.05) is 5.73 Å². The van der Waals surface area contributed by atoms with Crippen molar-refractivity contribution in [3.8, 4) is 0 Å². The largest absolute Gasteiger partial charge is 0.398 e. The first kappa shape index (κ1) is 12.6. The summed E-state index contributed by atoms with van der Waals surface area (Å²) in [4.78, 5) is 3.41. The molecule has 0 aliphatic heterocycles. The number of H-pyrrole nitrogens is 1. The maximum absolute atomic E-state index is 6.01. The summed E-state index contributed by atoms with van der Waals surface area (Å²) in [5.74, 6) is 0.867. The Balaban J connectivity index is 1.78. The van der Waals surface area contributed by atoms with E-state index in [9.17, 15) is 0 Å². The Morgan fingerprint density at radius 2 is 1.95 bits per heavy atom. The zero-order chi connectivity index (χ0) is 13.2. The first-order chi connectivity index (χ1) is 9.22. The van der Waals surface area contributed by atoms with E-state index in [1.165, 1.54) is 15.9 Å². The number of nitrogen functional groups attached to an aromatic ring is 1. The predicted molar refractivity (Wildman–Crippen MR) is 86.4 cm³/mol. The molecule has 1 heterocycles. The van der Waals surface area contributed by atoms with E-state index in [0.717, 1.165) is 21.5 Å². The fourth-order valence-corrected chi connectivity index (χ4v) is 3.32. The number of anilines is 1. The van der Waals surface area contributed by atoms with Crippen LogP contribution in [0, 0.1) is 0 Å². The summed E-state index contributed by atoms with van der Waals surface area (Å²) in [6, 6.07) is 16.5. The second-order valence-electron chi connectivity index (χ2n) is 4.35. The minimum Gasteiger partial charge on any atom is -0.398 e. The molecule has 1 aromatic heterocycles. The average molecular weight is 333 g/mol. The lowest BCUT2D eigenvalue weighted by molar-refractivity contribution is 1.23. The number of benzene rings is 2. The molecule has 0 spiro atoms. The van der Waals surface area contributed by atoms with Gasteiger partial charge in [0.15, 0.2) is 0 Å². The van der Waals surface area contributed by atoms with E-state index in [2.05, 4.69) is 51.2 Å². The molecule has 0 aliphatic rings. The van der Waals surface area contributed by atoms with Crippen LogP contribution in [-0.2, 0) is 5.75 Å². The number of aromatic amines is 1. The van der Waals surface area contributed by atoms with Gasteiger partial charge in [-0.3, -0.25) is 0 Å². The van der Waals surface area contributed by atoms with Crippen molar-refractivity contribution in [3.63, 3.8) is 0 Å². The lowest BCUT2D eigenvalue weighted by Crippen LogP contribution is -1.92. The van der Waals surface area contributed by atoms with Gasteiger partial charge in [0.1, 0.15) is 0 Å². The number of halogens is 1. The van der Waals surface area contributed by atoms with Gasteiger partial charge in [0.05, 0.1) is 5.03 Å². The number of thioether (sulfide) groups is 1. The molecule has 0 unspecified atom stereocenters. The summed E-state index contributed by atoms with van der Waals surface area (Å²) >= 11 is 5.19. The van der Waals surface area contributed by atoms with Gasteiger partial charge < -0.3 is 10.7 Å². The Bertz CT molecular complexity index is 688. The van der Waals surface area contributed by atoms with Gasteiger partial charge in [-0.15, -0.1) is 11.8 Å². The van der Waals surface area contributed by atoms with Gasteiger partial charge in [-0.05, 0) is 29.8 Å². The van der Waals surface area contributed by atoms with Gasteiger partial charge in [0.2, 0.25) is 0 Å². The van der Waals surface area contributed by atoms with Crippen LogP contribution in [0.25, 0.3) is 10.9 Å². The third-order valence-corrected chi connectivity index (χ3v) is 4.48. The number of rotatable bonds is 3. The standard InChI is InChI=1S/C15H13BrN2S/c16-12-6-5-11(13(17)8-12)9-19-15-7-10-3-1-2-4-14(10)18-15/h1-8,18H,9,17H2. The quantitative estimate of drug-likeness (QED) is 0.534. The highest BCUT2D eigenvalue weighted by molar-refractivity contribution is 9.10. The maximum atomic E-state index is 6.01. The molecule has 0 saturated heterocycles. The zero-order valence-corrected chi connectivity index (χ0v) is 12.6. The van der Waals surface area contributed by atoms with Crippen LogP contribution in [0.2, 0.25) is 0 Å². The van der Waals surface area contributed by atoms with Crippen LogP contribution in [0.15, 0.2) is 58.0 Å². The molecule has 0 saturated carbocycles. The fourth-order valence-electron chi connectivity index (χ4n) is 1.98. The van der Waals surface area contributed by atoms with Crippen LogP contribution < -0.4 is 5.73 Å². The maximum Gasteiger partial charge on any atom is 0.0735 e. The Morgan fingerprint density at radius 3 is 2.74 bits per heavy atom. The first-order valence-corrected chi connectivity index (χ1v) is 7.75. The fraction of sp³-hybridized carbons (Fsp3) is 0.0667. The van der Waals surface area contributed by atoms with E-state index in [-0.39, 0.29) is 0 Å². The highest BCUT2D eigenvalue weighted by Crippen LogP contribution is 2.29. The molecule has 3 rings (SSSR count). The highest BCUT2D eigenvalue weighted by atomic mass is 79.9. The molecular formula is C15H13BrN2S. The molecule has 3 N–H and O–H groups in total. The van der Waals surface area contributed by atoms with Crippen LogP contribution >= 0.6 is 27.7 Å². The molecule has 19 heavy (non-hydrogen) atoms. The van der Waals surface area contributed by atoms with Gasteiger partial charge in [-0.25, -0.2) is 0 Å². The smallest absolute Gasteiger partial charge is 0.0735 e. The molecule has 3 aromatic rings. The van der Waals surface area contributed by atoms with Gasteiger partial charge in [-0.1, -0.05) is 40.2 Å². The van der Waals surface area contributed by atoms with E-state index >= 15 is 0 Å². The van der Waals surface area contributed by atoms with Crippen LogP contribution in [0.5, 0.6) is 0 Å². The van der Waals surface area contributed by atoms with E-state index in [1.54, 1.807) is 11.8 Å². The number of nitrogens with one attached hydrogen (secondary N) is 1. The van der Waals surface area contributed by atoms with Crippen LogP contribution in [-0.4, -0.2) is 4.98 Å². The van der Waals surface area contributed by atoms with Gasteiger partial charge >= 0.3 is 0 Å². The van der Waals surface area contributed by atoms with Crippen LogP contribution in [0.1, 0.15) is 5.56 Å². The topological polar surface area (TPSA) is 41.8 Å². The first-order valence-electron chi connectivity index (χ1n) is 5.97. The second kappa shape index (κ2) is 5.31. The Labute approximate surface area is 124 Å². The number of hydrogen-bond acceptors (Lipinski definition) is 2. The summed E-state index contributed by atoms with van der Waals surface area (Å²) in [5.41, 5.74) is 9.17. The molecule has 0 bridgehead atoms. The third-order valence-electron chi connectivity index (χ3n) is 3.00.